The van der Waals surface area contributed by atoms with Crippen LogP contribution >= 0.6 is 0 Å². The highest BCUT2D eigenvalue weighted by molar-refractivity contribution is 6.21. The van der Waals surface area contributed by atoms with Crippen LogP contribution in [0, 0.1) is 6.92 Å². The Morgan fingerprint density at radius 1 is 0.525 bits per heavy atom. The number of aromatic nitrogens is 1. The summed E-state index contributed by atoms with van der Waals surface area (Å²) in [6, 6.07) is 46.1. The number of allylic oxidation sites excluding steroid dienone is 2. The molecule has 190 valence electrons. The molecule has 0 spiro atoms. The molecular weight excluding hydrogens is 482 g/mol. The Morgan fingerprint density at radius 2 is 1.00 bits per heavy atom. The number of benzene rings is 6. The summed E-state index contributed by atoms with van der Waals surface area (Å²) in [5.41, 5.74) is 9.85. The fourth-order valence-electron chi connectivity index (χ4n) is 6.23. The Morgan fingerprint density at radius 3 is 1.55 bits per heavy atom. The predicted molar refractivity (Wildman–Crippen MR) is 173 cm³/mol. The van der Waals surface area contributed by atoms with Crippen molar-refractivity contribution in [1.82, 2.24) is 4.57 Å². The van der Waals surface area contributed by atoms with Crippen LogP contribution in [-0.4, -0.2) is 4.57 Å². The van der Waals surface area contributed by atoms with E-state index in [1.54, 1.807) is 0 Å². The van der Waals surface area contributed by atoms with Crippen molar-refractivity contribution in [3.63, 3.8) is 0 Å². The maximum Gasteiger partial charge on any atom is 0.0537 e. The molecule has 1 heteroatoms. The van der Waals surface area contributed by atoms with Crippen molar-refractivity contribution >= 4 is 38.5 Å². The normalized spacial score (nSPS) is 11.6. The van der Waals surface area contributed by atoms with Crippen LogP contribution in [0.15, 0.2) is 146 Å². The maximum atomic E-state index is 3.86. The molecule has 1 nitrogen and oxygen atoms in total. The molecule has 0 radical (unpaired) electrons. The molecule has 7 aromatic rings. The molecule has 1 aromatic heterocycles. The molecule has 0 saturated heterocycles. The monoisotopic (exact) mass is 511 g/mol. The quantitative estimate of drug-likeness (QED) is 0.160. The van der Waals surface area contributed by atoms with Gasteiger partial charge in [-0.15, -0.1) is 0 Å². The van der Waals surface area contributed by atoms with Gasteiger partial charge in [-0.05, 0) is 68.9 Å². The van der Waals surface area contributed by atoms with Crippen LogP contribution in [0.25, 0.3) is 66.5 Å². The fraction of sp³-hybridized carbons (Fsp3) is 0.0256. The highest BCUT2D eigenvalue weighted by Crippen LogP contribution is 2.43. The zero-order valence-corrected chi connectivity index (χ0v) is 22.5. The van der Waals surface area contributed by atoms with E-state index in [0.29, 0.717) is 0 Å². The van der Waals surface area contributed by atoms with Crippen LogP contribution in [0.1, 0.15) is 11.3 Å². The summed E-state index contributed by atoms with van der Waals surface area (Å²) >= 11 is 0. The molecule has 0 bridgehead atoms. The van der Waals surface area contributed by atoms with Gasteiger partial charge in [0, 0.05) is 22.3 Å². The van der Waals surface area contributed by atoms with Crippen LogP contribution in [0.5, 0.6) is 0 Å². The van der Waals surface area contributed by atoms with Crippen molar-refractivity contribution in [3.8, 4) is 27.9 Å². The lowest BCUT2D eigenvalue weighted by Crippen LogP contribution is -1.97. The molecule has 40 heavy (non-hydrogen) atoms. The lowest BCUT2D eigenvalue weighted by molar-refractivity contribution is 1.05. The van der Waals surface area contributed by atoms with E-state index in [2.05, 4.69) is 152 Å². The van der Waals surface area contributed by atoms with Gasteiger partial charge >= 0.3 is 0 Å². The molecule has 7 rings (SSSR count). The van der Waals surface area contributed by atoms with Crippen molar-refractivity contribution in [2.45, 2.75) is 6.92 Å². The third kappa shape index (κ3) is 3.79. The highest BCUT2D eigenvalue weighted by Gasteiger charge is 2.17. The van der Waals surface area contributed by atoms with Gasteiger partial charge < -0.3 is 4.57 Å². The third-order valence-corrected chi connectivity index (χ3v) is 7.97. The van der Waals surface area contributed by atoms with E-state index in [-0.39, 0.29) is 0 Å². The molecule has 0 saturated carbocycles. The summed E-state index contributed by atoms with van der Waals surface area (Å²) in [4.78, 5) is 0. The minimum atomic E-state index is 1.16. The Bertz CT molecular complexity index is 2000. The molecule has 0 fully saturated rings. The first kappa shape index (κ1) is 23.9. The number of para-hydroxylation sites is 1. The molecule has 0 N–H and O–H groups in total. The molecule has 0 unspecified atom stereocenters. The minimum Gasteiger partial charge on any atom is -0.313 e. The van der Waals surface area contributed by atoms with Crippen LogP contribution in [-0.2, 0) is 0 Å². The van der Waals surface area contributed by atoms with Crippen molar-refractivity contribution in [2.24, 2.45) is 0 Å². The lowest BCUT2D eigenvalue weighted by Gasteiger charge is -2.18. The predicted octanol–water partition coefficient (Wildman–Crippen LogP) is 10.8. The summed E-state index contributed by atoms with van der Waals surface area (Å²) in [6.07, 6.45) is 6.00. The van der Waals surface area contributed by atoms with Crippen LogP contribution in [0.2, 0.25) is 0 Å². The van der Waals surface area contributed by atoms with E-state index >= 15 is 0 Å². The number of hydrogen-bond acceptors (Lipinski definition) is 0. The second-order valence-electron chi connectivity index (χ2n) is 10.2. The standard InChI is InChI=1S/C39H29N/c1-3-4-16-31-27(2)40(37-22-13-12-17-32(31)37)30-25-23-29(24-26-30)39-35-20-10-8-18-33(35)38(28-14-6-5-7-15-28)34-19-9-11-21-36(34)39/h3-26H,1H2,2H3/b16-4-. The fourth-order valence-corrected chi connectivity index (χ4v) is 6.23. The minimum absolute atomic E-state index is 1.16. The third-order valence-electron chi connectivity index (χ3n) is 7.97. The summed E-state index contributed by atoms with van der Waals surface area (Å²) in [5.74, 6) is 0. The first-order valence-corrected chi connectivity index (χ1v) is 13.7. The average Bonchev–Trinajstić information content (AvgIpc) is 3.30. The van der Waals surface area contributed by atoms with Crippen molar-refractivity contribution in [1.29, 1.82) is 0 Å². The van der Waals surface area contributed by atoms with Gasteiger partial charge in [0.25, 0.3) is 0 Å². The van der Waals surface area contributed by atoms with E-state index in [4.69, 9.17) is 0 Å². The van der Waals surface area contributed by atoms with Gasteiger partial charge in [-0.25, -0.2) is 0 Å². The first-order chi connectivity index (χ1) is 19.8. The largest absolute Gasteiger partial charge is 0.313 e. The van der Waals surface area contributed by atoms with Crippen molar-refractivity contribution in [3.05, 3.63) is 157 Å². The Labute approximate surface area is 235 Å². The molecule has 0 atom stereocenters. The SMILES string of the molecule is C=C/C=C\c1c(C)n(-c2ccc(-c3c4ccccc4c(-c4ccccc4)c4ccccc34)cc2)c2ccccc12. The lowest BCUT2D eigenvalue weighted by atomic mass is 9.86. The smallest absolute Gasteiger partial charge is 0.0537 e. The van der Waals surface area contributed by atoms with E-state index in [9.17, 15) is 0 Å². The van der Waals surface area contributed by atoms with E-state index < -0.39 is 0 Å². The Kier molecular flexibility index (Phi) is 5.91. The Hall–Kier alpha value is -5.14. The molecular formula is C39H29N. The van der Waals surface area contributed by atoms with Gasteiger partial charge in [0.15, 0.2) is 0 Å². The molecule has 0 amide bonds. The second-order valence-corrected chi connectivity index (χ2v) is 10.2. The van der Waals surface area contributed by atoms with Crippen molar-refractivity contribution in [2.75, 3.05) is 0 Å². The topological polar surface area (TPSA) is 4.93 Å². The molecule has 0 aliphatic carbocycles. The summed E-state index contributed by atoms with van der Waals surface area (Å²) in [5, 5.41) is 6.34. The number of rotatable bonds is 5. The Balaban J connectivity index is 1.45. The average molecular weight is 512 g/mol. The summed E-state index contributed by atoms with van der Waals surface area (Å²) < 4.78 is 2.36. The summed E-state index contributed by atoms with van der Waals surface area (Å²) in [6.45, 7) is 6.06. The van der Waals surface area contributed by atoms with Crippen LogP contribution < -0.4 is 0 Å². The molecule has 1 heterocycles. The number of fused-ring (bicyclic) bond motifs is 3. The maximum absolute atomic E-state index is 3.86. The zero-order valence-electron chi connectivity index (χ0n) is 22.5. The first-order valence-electron chi connectivity index (χ1n) is 13.7. The van der Waals surface area contributed by atoms with Gasteiger partial charge in [0.1, 0.15) is 0 Å². The zero-order chi connectivity index (χ0) is 27.1. The van der Waals surface area contributed by atoms with Gasteiger partial charge in [-0.1, -0.05) is 134 Å². The highest BCUT2D eigenvalue weighted by atomic mass is 15.0. The van der Waals surface area contributed by atoms with E-state index in [0.717, 1.165) is 5.69 Å². The van der Waals surface area contributed by atoms with Gasteiger partial charge in [0.2, 0.25) is 0 Å². The molecule has 0 aliphatic heterocycles. The molecule has 6 aromatic carbocycles. The van der Waals surface area contributed by atoms with E-state index in [1.165, 1.54) is 66.0 Å². The van der Waals surface area contributed by atoms with Crippen LogP contribution in [0.3, 0.4) is 0 Å². The number of hydrogen-bond donors (Lipinski definition) is 0. The van der Waals surface area contributed by atoms with Crippen molar-refractivity contribution < 1.29 is 0 Å². The summed E-state index contributed by atoms with van der Waals surface area (Å²) in [7, 11) is 0. The van der Waals surface area contributed by atoms with Gasteiger partial charge in [-0.3, -0.25) is 0 Å². The number of nitrogens with zero attached hydrogens (tertiary/aromatic N) is 1. The second kappa shape index (κ2) is 9.87. The van der Waals surface area contributed by atoms with E-state index in [1.807, 2.05) is 12.2 Å². The molecule has 0 aliphatic rings. The van der Waals surface area contributed by atoms with Crippen LogP contribution in [0.4, 0.5) is 0 Å². The van der Waals surface area contributed by atoms with Gasteiger partial charge in [0.05, 0.1) is 5.52 Å². The van der Waals surface area contributed by atoms with Gasteiger partial charge in [-0.2, -0.15) is 0 Å².